The highest BCUT2D eigenvalue weighted by Crippen LogP contribution is 2.25. The van der Waals surface area contributed by atoms with Crippen molar-refractivity contribution >= 4 is 5.91 Å². The van der Waals surface area contributed by atoms with E-state index in [1.807, 2.05) is 54.6 Å². The van der Waals surface area contributed by atoms with Crippen LogP contribution in [0.1, 0.15) is 25.3 Å². The van der Waals surface area contributed by atoms with Gasteiger partial charge in [0.05, 0.1) is 19.3 Å². The molecular weight excluding hydrogens is 404 g/mol. The van der Waals surface area contributed by atoms with Crippen LogP contribution in [0.5, 0.6) is 17.2 Å². The highest BCUT2D eigenvalue weighted by Gasteiger charge is 2.16. The average molecular weight is 435 g/mol. The van der Waals surface area contributed by atoms with E-state index >= 15 is 0 Å². The fourth-order valence-electron chi connectivity index (χ4n) is 3.46. The van der Waals surface area contributed by atoms with E-state index in [9.17, 15) is 4.79 Å². The number of methoxy groups -OCH3 is 2. The summed E-state index contributed by atoms with van der Waals surface area (Å²) in [5.41, 5.74) is 10.6. The molecule has 0 radical (unpaired) electrons. The zero-order valence-electron chi connectivity index (χ0n) is 18.8. The molecule has 0 atom stereocenters. The van der Waals surface area contributed by atoms with Gasteiger partial charge in [-0.05, 0) is 60.0 Å². The molecular formula is C26H30N2O4. The topological polar surface area (TPSA) is 82.8 Å². The summed E-state index contributed by atoms with van der Waals surface area (Å²) in [6.07, 6.45) is 5.15. The summed E-state index contributed by atoms with van der Waals surface area (Å²) in [6.45, 7) is 2.98. The molecule has 0 spiro atoms. The van der Waals surface area contributed by atoms with Crippen LogP contribution in [0.4, 0.5) is 0 Å². The van der Waals surface area contributed by atoms with E-state index < -0.39 is 0 Å². The molecule has 0 saturated carbocycles. The van der Waals surface area contributed by atoms with Crippen molar-refractivity contribution < 1.29 is 19.0 Å². The number of carbonyl (C=O) groups excluding carboxylic acids is 1. The Bertz CT molecular complexity index is 1020. The summed E-state index contributed by atoms with van der Waals surface area (Å²) in [7, 11) is 3.29. The van der Waals surface area contributed by atoms with Gasteiger partial charge < -0.3 is 25.3 Å². The summed E-state index contributed by atoms with van der Waals surface area (Å²) in [5, 5.41) is 2.96. The second-order valence-electron chi connectivity index (χ2n) is 7.47. The molecule has 6 heteroatoms. The Morgan fingerprint density at radius 1 is 0.969 bits per heavy atom. The van der Waals surface area contributed by atoms with E-state index in [0.717, 1.165) is 29.1 Å². The SMILES string of the molecule is CCC1=C(COC)C=CC(C(=O)NCc2ccc(Oc3ccc(OC)cc3)cc2)=C(N)C1. The Morgan fingerprint density at radius 3 is 2.19 bits per heavy atom. The van der Waals surface area contributed by atoms with Gasteiger partial charge >= 0.3 is 0 Å². The van der Waals surface area contributed by atoms with Crippen LogP contribution in [0.15, 0.2) is 83.1 Å². The number of carbonyl (C=O) groups is 1. The van der Waals surface area contributed by atoms with Gasteiger partial charge in [0.2, 0.25) is 0 Å². The zero-order chi connectivity index (χ0) is 22.9. The van der Waals surface area contributed by atoms with Crippen molar-refractivity contribution in [2.24, 2.45) is 5.73 Å². The molecule has 32 heavy (non-hydrogen) atoms. The fraction of sp³-hybridized carbons (Fsp3) is 0.269. The van der Waals surface area contributed by atoms with Crippen LogP contribution in [0.2, 0.25) is 0 Å². The molecule has 2 aromatic carbocycles. The van der Waals surface area contributed by atoms with Crippen molar-refractivity contribution in [2.45, 2.75) is 26.3 Å². The van der Waals surface area contributed by atoms with Gasteiger partial charge in [0.25, 0.3) is 5.91 Å². The molecule has 0 saturated heterocycles. The molecule has 1 amide bonds. The van der Waals surface area contributed by atoms with Crippen LogP contribution in [0.3, 0.4) is 0 Å². The fourth-order valence-corrected chi connectivity index (χ4v) is 3.46. The monoisotopic (exact) mass is 434 g/mol. The van der Waals surface area contributed by atoms with Gasteiger partial charge in [0, 0.05) is 25.8 Å². The minimum atomic E-state index is -0.188. The second kappa shape index (κ2) is 11.2. The molecule has 0 bridgehead atoms. The maximum absolute atomic E-state index is 12.8. The lowest BCUT2D eigenvalue weighted by molar-refractivity contribution is -0.117. The summed E-state index contributed by atoms with van der Waals surface area (Å²) < 4.78 is 16.3. The Balaban J connectivity index is 1.59. The Morgan fingerprint density at radius 2 is 1.59 bits per heavy atom. The second-order valence-corrected chi connectivity index (χ2v) is 7.47. The van der Waals surface area contributed by atoms with Crippen molar-refractivity contribution in [3.05, 3.63) is 88.7 Å². The molecule has 0 heterocycles. The predicted molar refractivity (Wildman–Crippen MR) is 126 cm³/mol. The van der Waals surface area contributed by atoms with Crippen molar-refractivity contribution in [1.82, 2.24) is 5.32 Å². The molecule has 3 N–H and O–H groups in total. The van der Waals surface area contributed by atoms with Crippen molar-refractivity contribution in [1.29, 1.82) is 0 Å². The summed E-state index contributed by atoms with van der Waals surface area (Å²) >= 11 is 0. The number of allylic oxidation sites excluding steroid dienone is 1. The molecule has 6 nitrogen and oxygen atoms in total. The smallest absolute Gasteiger partial charge is 0.253 e. The summed E-state index contributed by atoms with van der Waals surface area (Å²) in [4.78, 5) is 12.8. The number of amides is 1. The van der Waals surface area contributed by atoms with Crippen molar-refractivity contribution in [3.63, 3.8) is 0 Å². The maximum atomic E-state index is 12.8. The molecule has 1 aliphatic carbocycles. The maximum Gasteiger partial charge on any atom is 0.253 e. The number of nitrogens with one attached hydrogen (secondary N) is 1. The van der Waals surface area contributed by atoms with Crippen LogP contribution < -0.4 is 20.5 Å². The average Bonchev–Trinajstić information content (AvgIpc) is 2.97. The zero-order valence-corrected chi connectivity index (χ0v) is 18.8. The van der Waals surface area contributed by atoms with Crippen LogP contribution in [0.25, 0.3) is 0 Å². The molecule has 3 rings (SSSR count). The Labute approximate surface area is 189 Å². The number of rotatable bonds is 9. The largest absolute Gasteiger partial charge is 0.497 e. The van der Waals surface area contributed by atoms with E-state index in [0.29, 0.717) is 36.6 Å². The predicted octanol–water partition coefficient (Wildman–Crippen LogP) is 4.63. The first-order chi connectivity index (χ1) is 15.5. The first-order valence-electron chi connectivity index (χ1n) is 10.6. The van der Waals surface area contributed by atoms with Gasteiger partial charge in [-0.1, -0.05) is 30.7 Å². The van der Waals surface area contributed by atoms with Crippen molar-refractivity contribution in [2.75, 3.05) is 20.8 Å². The number of benzene rings is 2. The molecule has 0 aliphatic heterocycles. The van der Waals surface area contributed by atoms with E-state index in [1.165, 1.54) is 5.57 Å². The minimum Gasteiger partial charge on any atom is -0.497 e. The van der Waals surface area contributed by atoms with Gasteiger partial charge in [-0.25, -0.2) is 0 Å². The third-order valence-corrected chi connectivity index (χ3v) is 5.30. The highest BCUT2D eigenvalue weighted by atomic mass is 16.5. The Hall–Kier alpha value is -3.51. The molecule has 0 aromatic heterocycles. The minimum absolute atomic E-state index is 0.188. The van der Waals surface area contributed by atoms with Crippen LogP contribution in [0, 0.1) is 0 Å². The summed E-state index contributed by atoms with van der Waals surface area (Å²) in [6, 6.07) is 15.0. The number of nitrogens with two attached hydrogens (primary N) is 1. The first-order valence-corrected chi connectivity index (χ1v) is 10.6. The van der Waals surface area contributed by atoms with Gasteiger partial charge in [-0.15, -0.1) is 0 Å². The van der Waals surface area contributed by atoms with Gasteiger partial charge in [-0.3, -0.25) is 4.79 Å². The van der Waals surface area contributed by atoms with Gasteiger partial charge in [-0.2, -0.15) is 0 Å². The first kappa shape index (κ1) is 23.2. The lowest BCUT2D eigenvalue weighted by Crippen LogP contribution is -2.26. The van der Waals surface area contributed by atoms with Crippen LogP contribution in [-0.4, -0.2) is 26.7 Å². The third kappa shape index (κ3) is 6.02. The van der Waals surface area contributed by atoms with Crippen LogP contribution >= 0.6 is 0 Å². The molecule has 168 valence electrons. The highest BCUT2D eigenvalue weighted by molar-refractivity contribution is 5.97. The van der Waals surface area contributed by atoms with E-state index in [4.69, 9.17) is 19.9 Å². The van der Waals surface area contributed by atoms with E-state index in [-0.39, 0.29) is 5.91 Å². The number of hydrogen-bond acceptors (Lipinski definition) is 5. The Kier molecular flexibility index (Phi) is 8.11. The number of hydrogen-bond donors (Lipinski definition) is 2. The van der Waals surface area contributed by atoms with Crippen LogP contribution in [-0.2, 0) is 16.1 Å². The quantitative estimate of drug-likeness (QED) is 0.601. The standard InChI is InChI=1S/C26H30N2O4/c1-4-19-15-25(27)24(14-7-20(19)17-30-2)26(29)28-16-18-5-8-22(9-6-18)32-23-12-10-21(31-3)11-13-23/h5-14H,4,15-17,27H2,1-3H3,(H,28,29). The third-order valence-electron chi connectivity index (χ3n) is 5.30. The molecule has 0 unspecified atom stereocenters. The van der Waals surface area contributed by atoms with E-state index in [2.05, 4.69) is 12.2 Å². The summed E-state index contributed by atoms with van der Waals surface area (Å²) in [5.74, 6) is 2.03. The van der Waals surface area contributed by atoms with E-state index in [1.54, 1.807) is 20.3 Å². The lowest BCUT2D eigenvalue weighted by atomic mass is 10.0. The van der Waals surface area contributed by atoms with Gasteiger partial charge in [0.1, 0.15) is 17.2 Å². The number of ether oxygens (including phenoxy) is 3. The van der Waals surface area contributed by atoms with Gasteiger partial charge in [0.15, 0.2) is 0 Å². The molecule has 2 aromatic rings. The normalized spacial score (nSPS) is 13.7. The molecule has 0 fully saturated rings. The molecule has 1 aliphatic rings. The lowest BCUT2D eigenvalue weighted by Gasteiger charge is -2.11. The van der Waals surface area contributed by atoms with Crippen molar-refractivity contribution in [3.8, 4) is 17.2 Å².